The van der Waals surface area contributed by atoms with E-state index in [-0.39, 0.29) is 18.8 Å². The van der Waals surface area contributed by atoms with E-state index in [1.165, 1.54) is 31.5 Å². The number of hydrogen-bond acceptors (Lipinski definition) is 11. The molecule has 0 spiro atoms. The number of pyridine rings is 1. The van der Waals surface area contributed by atoms with Crippen LogP contribution in [0, 0.1) is 0 Å². The first-order valence-electron chi connectivity index (χ1n) is 14.0. The fourth-order valence-corrected chi connectivity index (χ4v) is 4.70. The Balaban J connectivity index is 1.49. The Morgan fingerprint density at radius 3 is 2.20 bits per heavy atom. The van der Waals surface area contributed by atoms with Crippen molar-refractivity contribution in [3.05, 3.63) is 89.2 Å². The molecule has 4 rings (SSSR count). The zero-order chi connectivity index (χ0) is 32.5. The lowest BCUT2D eigenvalue weighted by Gasteiger charge is -2.21. The average Bonchev–Trinajstić information content (AvgIpc) is 3.34. The van der Waals surface area contributed by atoms with E-state index in [2.05, 4.69) is 0 Å². The molecule has 0 aliphatic carbocycles. The standard InChI is InChI=1S/C33H34NO11/c1-20(36)41-19-29-30(42-21(2)37)31(43-22(3)38)32(45-29)34-13-5-6-26(17-34)33(39)44-27-11-9-23(10-12-27)7-8-24-14-25(18-35)16-28(15-24)40-4/h5-17,29-32,35H,18-19H2,1-4H3/q+1/b8-7+/t29-,30-,31-,32?/m1/s1. The van der Waals surface area contributed by atoms with Gasteiger partial charge in [-0.25, -0.2) is 4.79 Å². The summed E-state index contributed by atoms with van der Waals surface area (Å²) in [7, 11) is 1.56. The molecule has 1 fully saturated rings. The van der Waals surface area contributed by atoms with Crippen molar-refractivity contribution in [1.82, 2.24) is 0 Å². The molecule has 2 aromatic carbocycles. The van der Waals surface area contributed by atoms with E-state index < -0.39 is 48.4 Å². The van der Waals surface area contributed by atoms with Crippen molar-refractivity contribution < 1.29 is 57.3 Å². The number of benzene rings is 2. The monoisotopic (exact) mass is 620 g/mol. The molecule has 4 atom stereocenters. The van der Waals surface area contributed by atoms with Gasteiger partial charge in [0.2, 0.25) is 6.10 Å². The summed E-state index contributed by atoms with van der Waals surface area (Å²) in [5.41, 5.74) is 2.59. The summed E-state index contributed by atoms with van der Waals surface area (Å²) < 4.78 is 34.3. The van der Waals surface area contributed by atoms with Gasteiger partial charge in [-0.15, -0.1) is 0 Å². The number of methoxy groups -OCH3 is 1. The second-order valence-electron chi connectivity index (χ2n) is 10.1. The van der Waals surface area contributed by atoms with Gasteiger partial charge in [-0.3, -0.25) is 14.4 Å². The Morgan fingerprint density at radius 1 is 0.867 bits per heavy atom. The van der Waals surface area contributed by atoms with E-state index >= 15 is 0 Å². The Bertz CT molecular complexity index is 1540. The topological polar surface area (TPSA) is 148 Å². The highest BCUT2D eigenvalue weighted by Gasteiger charge is 2.54. The smallest absolute Gasteiger partial charge is 0.349 e. The van der Waals surface area contributed by atoms with Crippen molar-refractivity contribution in [2.45, 2.75) is 51.9 Å². The van der Waals surface area contributed by atoms with Crippen molar-refractivity contribution >= 4 is 36.0 Å². The molecule has 1 saturated heterocycles. The largest absolute Gasteiger partial charge is 0.497 e. The first-order chi connectivity index (χ1) is 21.6. The van der Waals surface area contributed by atoms with Crippen LogP contribution >= 0.6 is 0 Å². The average molecular weight is 621 g/mol. The summed E-state index contributed by atoms with van der Waals surface area (Å²) >= 11 is 0. The lowest BCUT2D eigenvalue weighted by Crippen LogP contribution is -2.48. The summed E-state index contributed by atoms with van der Waals surface area (Å²) in [6.45, 7) is 3.26. The van der Waals surface area contributed by atoms with Crippen molar-refractivity contribution in [2.75, 3.05) is 13.7 Å². The van der Waals surface area contributed by atoms with Crippen LogP contribution in [0.1, 0.15) is 54.0 Å². The minimum Gasteiger partial charge on any atom is -0.497 e. The molecule has 0 bridgehead atoms. The van der Waals surface area contributed by atoms with Gasteiger partial charge in [-0.2, -0.15) is 4.57 Å². The predicted molar refractivity (Wildman–Crippen MR) is 158 cm³/mol. The molecule has 1 aliphatic heterocycles. The van der Waals surface area contributed by atoms with E-state index in [0.717, 1.165) is 16.7 Å². The Labute approximate surface area is 259 Å². The number of ether oxygens (including phenoxy) is 6. The van der Waals surface area contributed by atoms with Gasteiger partial charge in [0, 0.05) is 26.8 Å². The van der Waals surface area contributed by atoms with Crippen LogP contribution in [0.2, 0.25) is 0 Å². The van der Waals surface area contributed by atoms with E-state index in [4.69, 9.17) is 28.4 Å². The Kier molecular flexibility index (Phi) is 11.0. The third-order valence-electron chi connectivity index (χ3n) is 6.66. The molecule has 0 radical (unpaired) electrons. The van der Waals surface area contributed by atoms with Gasteiger partial charge in [0.1, 0.15) is 29.8 Å². The van der Waals surface area contributed by atoms with Crippen LogP contribution in [-0.2, 0) is 39.9 Å². The molecule has 1 aromatic heterocycles. The van der Waals surface area contributed by atoms with Crippen molar-refractivity contribution in [3.63, 3.8) is 0 Å². The third kappa shape index (κ3) is 8.97. The zero-order valence-corrected chi connectivity index (χ0v) is 25.2. The van der Waals surface area contributed by atoms with E-state index in [0.29, 0.717) is 11.5 Å². The van der Waals surface area contributed by atoms with Gasteiger partial charge in [0.05, 0.1) is 13.7 Å². The number of aliphatic hydroxyl groups excluding tert-OH is 1. The summed E-state index contributed by atoms with van der Waals surface area (Å²) in [5.74, 6) is -1.57. The molecular formula is C33H34NO11+. The predicted octanol–water partition coefficient (Wildman–Crippen LogP) is 3.19. The third-order valence-corrected chi connectivity index (χ3v) is 6.66. The van der Waals surface area contributed by atoms with E-state index in [1.54, 1.807) is 55.8 Å². The van der Waals surface area contributed by atoms with Crippen LogP contribution in [0.25, 0.3) is 12.2 Å². The SMILES string of the molecule is COc1cc(/C=C/c2ccc(OC(=O)c3ccc[n+](C4O[C@H](COC(C)=O)[C@@H](OC(C)=O)[C@H]4OC(C)=O)c3)cc2)cc(CO)c1. The number of hydrogen-bond donors (Lipinski definition) is 1. The summed E-state index contributed by atoms with van der Waals surface area (Å²) in [4.78, 5) is 48.3. The van der Waals surface area contributed by atoms with Gasteiger partial charge < -0.3 is 33.5 Å². The maximum Gasteiger partial charge on any atom is 0.349 e. The van der Waals surface area contributed by atoms with Gasteiger partial charge in [0.15, 0.2) is 18.5 Å². The molecule has 12 nitrogen and oxygen atoms in total. The minimum absolute atomic E-state index is 0.106. The number of carbonyl (C=O) groups excluding carboxylic acids is 4. The van der Waals surface area contributed by atoms with Crippen molar-refractivity contribution in [2.24, 2.45) is 0 Å². The molecule has 1 unspecified atom stereocenters. The summed E-state index contributed by atoms with van der Waals surface area (Å²) in [5, 5.41) is 9.47. The van der Waals surface area contributed by atoms with Crippen LogP contribution in [-0.4, -0.2) is 61.0 Å². The number of esters is 4. The highest BCUT2D eigenvalue weighted by atomic mass is 16.7. The molecule has 0 saturated carbocycles. The second kappa shape index (κ2) is 15.1. The Hall–Kier alpha value is -5.07. The quantitative estimate of drug-likeness (QED) is 0.111. The highest BCUT2D eigenvalue weighted by Crippen LogP contribution is 2.31. The van der Waals surface area contributed by atoms with Gasteiger partial charge in [-0.1, -0.05) is 24.3 Å². The summed E-state index contributed by atoms with van der Waals surface area (Å²) in [6.07, 6.45) is 2.66. The number of nitrogens with zero attached hydrogens (tertiary/aromatic N) is 1. The van der Waals surface area contributed by atoms with Crippen molar-refractivity contribution in [3.8, 4) is 11.5 Å². The van der Waals surface area contributed by atoms with E-state index in [1.807, 2.05) is 24.3 Å². The van der Waals surface area contributed by atoms with Crippen molar-refractivity contribution in [1.29, 1.82) is 0 Å². The lowest BCUT2D eigenvalue weighted by molar-refractivity contribution is -0.765. The highest BCUT2D eigenvalue weighted by molar-refractivity contribution is 5.90. The molecular weight excluding hydrogens is 586 g/mol. The van der Waals surface area contributed by atoms with Crippen LogP contribution < -0.4 is 14.0 Å². The van der Waals surface area contributed by atoms with Gasteiger partial charge >= 0.3 is 30.1 Å². The zero-order valence-electron chi connectivity index (χ0n) is 25.2. The van der Waals surface area contributed by atoms with Gasteiger partial charge in [-0.05, 0) is 53.1 Å². The van der Waals surface area contributed by atoms with E-state index in [9.17, 15) is 24.3 Å². The summed E-state index contributed by atoms with van der Waals surface area (Å²) in [6, 6.07) is 15.5. The molecule has 12 heteroatoms. The van der Waals surface area contributed by atoms with Crippen LogP contribution in [0.4, 0.5) is 0 Å². The molecule has 2 heterocycles. The molecule has 45 heavy (non-hydrogen) atoms. The van der Waals surface area contributed by atoms with Crippen LogP contribution in [0.5, 0.6) is 11.5 Å². The normalized spacial score (nSPS) is 19.1. The minimum atomic E-state index is -1.10. The number of rotatable bonds is 11. The molecule has 0 amide bonds. The lowest BCUT2D eigenvalue weighted by atomic mass is 10.1. The van der Waals surface area contributed by atoms with Crippen LogP contribution in [0.3, 0.4) is 0 Å². The Morgan fingerprint density at radius 2 is 1.56 bits per heavy atom. The second-order valence-corrected chi connectivity index (χ2v) is 10.1. The molecule has 1 aliphatic rings. The van der Waals surface area contributed by atoms with Gasteiger partial charge in [0.25, 0.3) is 0 Å². The molecule has 3 aromatic rings. The van der Waals surface area contributed by atoms with Crippen LogP contribution in [0.15, 0.2) is 67.0 Å². The fourth-order valence-electron chi connectivity index (χ4n) is 4.70. The molecule has 236 valence electrons. The number of carbonyl (C=O) groups is 4. The number of aromatic nitrogens is 1. The fraction of sp³-hybridized carbons (Fsp3) is 0.303. The number of aliphatic hydroxyl groups is 1. The first-order valence-corrected chi connectivity index (χ1v) is 14.0. The maximum atomic E-state index is 13.1. The first kappa shape index (κ1) is 32.8. The molecule has 1 N–H and O–H groups in total. The maximum absolute atomic E-state index is 13.1.